The molecule has 1 N–H and O–H groups in total. The summed E-state index contributed by atoms with van der Waals surface area (Å²) in [5, 5.41) is 10.2. The molecule has 1 saturated heterocycles. The third-order valence-electron chi connectivity index (χ3n) is 8.42. The highest BCUT2D eigenvalue weighted by Gasteiger charge is 2.67. The lowest BCUT2D eigenvalue weighted by Gasteiger charge is -2.31. The lowest BCUT2D eigenvalue weighted by molar-refractivity contribution is -0.150. The first-order valence-corrected chi connectivity index (χ1v) is 17.3. The van der Waals surface area contributed by atoms with Crippen LogP contribution in [0.15, 0.2) is 78.9 Å². The fourth-order valence-corrected chi connectivity index (χ4v) is 9.33. The normalized spacial score (nSPS) is 23.7. The Kier molecular flexibility index (Phi) is 8.39. The molecule has 4 atom stereocenters. The maximum Gasteiger partial charge on any atom is 0.264 e. The van der Waals surface area contributed by atoms with Gasteiger partial charge in [0.25, 0.3) is 5.91 Å². The standard InChI is InChI=1S/C32H36ClFN2O4Si/c1-22-30(41(2,3)34)28(19-29(38)35(16-17-37)20-23-10-6-4-7-11-23)40-32(22)26-18-25(33)14-15-27(26)36(31(32)39)21-24-12-8-5-9-13-24/h4-15,18,22,28,30,37H,16-17,19-21H2,1-3H3/t22-,28+,30-,32+/m0/s1. The monoisotopic (exact) mass is 594 g/mol. The maximum atomic E-state index is 16.1. The number of aliphatic hydroxyl groups excluding tert-OH is 1. The first kappa shape index (κ1) is 29.4. The highest BCUT2D eigenvalue weighted by molar-refractivity contribution is 6.72. The number of rotatable bonds is 9. The highest BCUT2D eigenvalue weighted by atomic mass is 35.5. The predicted octanol–water partition coefficient (Wildman–Crippen LogP) is 6.07. The van der Waals surface area contributed by atoms with Gasteiger partial charge in [-0.1, -0.05) is 79.2 Å². The first-order valence-electron chi connectivity index (χ1n) is 14.0. The molecule has 6 nitrogen and oxygen atoms in total. The van der Waals surface area contributed by atoms with Gasteiger partial charge in [-0.3, -0.25) is 9.59 Å². The Bertz CT molecular complexity index is 1400. The van der Waals surface area contributed by atoms with Crippen LogP contribution in [0.25, 0.3) is 0 Å². The molecule has 0 radical (unpaired) electrons. The molecule has 0 unspecified atom stereocenters. The Hall–Kier alpha value is -3.04. The first-order chi connectivity index (χ1) is 19.6. The van der Waals surface area contributed by atoms with Crippen LogP contribution in [0.5, 0.6) is 0 Å². The topological polar surface area (TPSA) is 70.1 Å². The summed E-state index contributed by atoms with van der Waals surface area (Å²) in [4.78, 5) is 31.4. The van der Waals surface area contributed by atoms with E-state index in [-0.39, 0.29) is 31.4 Å². The molecular formula is C32H36ClFN2O4Si. The fourth-order valence-electron chi connectivity index (χ4n) is 6.66. The second-order valence-electron chi connectivity index (χ2n) is 11.5. The van der Waals surface area contributed by atoms with Crippen molar-refractivity contribution in [1.82, 2.24) is 4.90 Å². The van der Waals surface area contributed by atoms with Gasteiger partial charge in [0.1, 0.15) is 0 Å². The van der Waals surface area contributed by atoms with Gasteiger partial charge in [-0.15, -0.1) is 0 Å². The van der Waals surface area contributed by atoms with E-state index >= 15 is 4.11 Å². The van der Waals surface area contributed by atoms with Crippen molar-refractivity contribution in [3.05, 3.63) is 101 Å². The molecule has 41 heavy (non-hydrogen) atoms. The highest BCUT2D eigenvalue weighted by Crippen LogP contribution is 2.60. The molecule has 216 valence electrons. The van der Waals surface area contributed by atoms with Crippen molar-refractivity contribution in [3.8, 4) is 0 Å². The molecular weight excluding hydrogens is 559 g/mol. The van der Waals surface area contributed by atoms with E-state index in [1.165, 1.54) is 0 Å². The number of hydrogen-bond acceptors (Lipinski definition) is 4. The van der Waals surface area contributed by atoms with Gasteiger partial charge >= 0.3 is 0 Å². The van der Waals surface area contributed by atoms with E-state index in [0.717, 1.165) is 11.1 Å². The molecule has 0 bridgehead atoms. The van der Waals surface area contributed by atoms with E-state index in [9.17, 15) is 14.7 Å². The minimum absolute atomic E-state index is 0.0915. The number of amides is 2. The molecule has 2 aliphatic rings. The number of benzene rings is 3. The number of hydrogen-bond donors (Lipinski definition) is 1. The molecule has 1 spiro atoms. The Labute approximate surface area is 246 Å². The molecule has 0 aromatic heterocycles. The predicted molar refractivity (Wildman–Crippen MR) is 161 cm³/mol. The van der Waals surface area contributed by atoms with Gasteiger partial charge in [0.15, 0.2) is 5.60 Å². The van der Waals surface area contributed by atoms with Gasteiger partial charge in [0, 0.05) is 35.1 Å². The van der Waals surface area contributed by atoms with E-state index in [0.29, 0.717) is 29.4 Å². The van der Waals surface area contributed by atoms with Crippen LogP contribution in [0.4, 0.5) is 9.80 Å². The van der Waals surface area contributed by atoms with E-state index in [1.807, 2.05) is 73.7 Å². The summed E-state index contributed by atoms with van der Waals surface area (Å²) in [5.74, 6) is -1.04. The minimum atomic E-state index is -3.45. The van der Waals surface area contributed by atoms with Crippen molar-refractivity contribution in [3.63, 3.8) is 0 Å². The third kappa shape index (κ3) is 5.58. The van der Waals surface area contributed by atoms with Gasteiger partial charge in [0.2, 0.25) is 14.3 Å². The summed E-state index contributed by atoms with van der Waals surface area (Å²) in [6, 6.07) is 24.5. The molecule has 3 aromatic carbocycles. The molecule has 0 saturated carbocycles. The van der Waals surface area contributed by atoms with Crippen LogP contribution in [0.2, 0.25) is 23.7 Å². The van der Waals surface area contributed by atoms with E-state index in [4.69, 9.17) is 16.3 Å². The second kappa shape index (κ2) is 11.7. The summed E-state index contributed by atoms with van der Waals surface area (Å²) in [5.41, 5.74) is 1.11. The van der Waals surface area contributed by atoms with Gasteiger partial charge in [0.05, 0.1) is 31.4 Å². The van der Waals surface area contributed by atoms with Crippen LogP contribution >= 0.6 is 11.6 Å². The number of carbonyl (C=O) groups excluding carboxylic acids is 2. The second-order valence-corrected chi connectivity index (χ2v) is 15.8. The molecule has 0 aliphatic carbocycles. The van der Waals surface area contributed by atoms with E-state index in [1.54, 1.807) is 35.0 Å². The lowest BCUT2D eigenvalue weighted by atomic mass is 9.82. The Morgan fingerprint density at radius 2 is 1.71 bits per heavy atom. The summed E-state index contributed by atoms with van der Waals surface area (Å²) in [6.45, 7) is 5.69. The lowest BCUT2D eigenvalue weighted by Crippen LogP contribution is -2.45. The van der Waals surface area contributed by atoms with Gasteiger partial charge in [-0.25, -0.2) is 0 Å². The number of anilines is 1. The van der Waals surface area contributed by atoms with Crippen LogP contribution in [0.3, 0.4) is 0 Å². The van der Waals surface area contributed by atoms with Gasteiger partial charge in [-0.05, 0) is 42.4 Å². The molecule has 3 aromatic rings. The zero-order chi connectivity index (χ0) is 29.4. The largest absolute Gasteiger partial charge is 0.395 e. The van der Waals surface area contributed by atoms with Crippen LogP contribution in [0, 0.1) is 5.92 Å². The summed E-state index contributed by atoms with van der Waals surface area (Å²) in [6.07, 6.45) is -0.903. The van der Waals surface area contributed by atoms with Crippen molar-refractivity contribution in [1.29, 1.82) is 0 Å². The Morgan fingerprint density at radius 3 is 2.32 bits per heavy atom. The average molecular weight is 595 g/mol. The molecule has 2 aliphatic heterocycles. The number of nitrogens with zero attached hydrogens (tertiary/aromatic N) is 2. The number of aliphatic hydroxyl groups is 1. The van der Waals surface area contributed by atoms with E-state index < -0.39 is 31.6 Å². The summed E-state index contributed by atoms with van der Waals surface area (Å²) >= 11 is 6.45. The quantitative estimate of drug-likeness (QED) is 0.241. The molecule has 5 rings (SSSR count). The van der Waals surface area contributed by atoms with Crippen molar-refractivity contribution in [2.24, 2.45) is 5.92 Å². The average Bonchev–Trinajstić information content (AvgIpc) is 3.36. The molecule has 9 heteroatoms. The van der Waals surface area contributed by atoms with Crippen molar-refractivity contribution < 1.29 is 23.5 Å². The number of fused-ring (bicyclic) bond motifs is 2. The Morgan fingerprint density at radius 1 is 1.07 bits per heavy atom. The third-order valence-corrected chi connectivity index (χ3v) is 11.1. The van der Waals surface area contributed by atoms with Crippen LogP contribution < -0.4 is 4.90 Å². The zero-order valence-electron chi connectivity index (χ0n) is 23.6. The summed E-state index contributed by atoms with van der Waals surface area (Å²) in [7, 11) is -3.45. The maximum absolute atomic E-state index is 16.1. The van der Waals surface area contributed by atoms with Crippen molar-refractivity contribution in [2.45, 2.75) is 56.8 Å². The number of carbonyl (C=O) groups is 2. The van der Waals surface area contributed by atoms with Crippen LogP contribution in [-0.2, 0) is 33.0 Å². The molecule has 1 fully saturated rings. The van der Waals surface area contributed by atoms with Gasteiger partial charge < -0.3 is 23.8 Å². The fraction of sp³-hybridized carbons (Fsp3) is 0.375. The van der Waals surface area contributed by atoms with Crippen LogP contribution in [0.1, 0.15) is 30.0 Å². The van der Waals surface area contributed by atoms with Gasteiger partial charge in [-0.2, -0.15) is 0 Å². The number of halogens is 2. The minimum Gasteiger partial charge on any atom is -0.395 e. The molecule has 2 heterocycles. The SMILES string of the molecule is C[C@H]1[C@H]([Si](C)(C)F)[C@@H](CC(=O)N(CCO)Cc2ccccc2)O[C@]12C(=O)N(Cc1ccccc1)c1ccc(Cl)cc12. The van der Waals surface area contributed by atoms with Crippen molar-refractivity contribution >= 4 is 37.5 Å². The molecule has 2 amide bonds. The summed E-state index contributed by atoms with van der Waals surface area (Å²) < 4.78 is 22.9. The number of ether oxygens (including phenoxy) is 1. The Balaban J connectivity index is 1.50. The van der Waals surface area contributed by atoms with Crippen molar-refractivity contribution in [2.75, 3.05) is 18.1 Å². The zero-order valence-corrected chi connectivity index (χ0v) is 25.4. The van der Waals surface area contributed by atoms with Crippen LogP contribution in [-0.4, -0.2) is 49.5 Å². The van der Waals surface area contributed by atoms with E-state index in [2.05, 4.69) is 0 Å². The smallest absolute Gasteiger partial charge is 0.264 e.